The predicted molar refractivity (Wildman–Crippen MR) is 88.0 cm³/mol. The Hall–Kier alpha value is -0.0700. The van der Waals surface area contributed by atoms with E-state index in [2.05, 4.69) is 50.4 Å². The summed E-state index contributed by atoms with van der Waals surface area (Å²) >= 11 is 8.32. The van der Waals surface area contributed by atoms with E-state index in [1.807, 2.05) is 0 Å². The van der Waals surface area contributed by atoms with Crippen LogP contribution >= 0.6 is 34.2 Å². The molecule has 1 saturated carbocycles. The second kappa shape index (κ2) is 5.74. The number of aromatic nitrogens is 1. The van der Waals surface area contributed by atoms with Crippen LogP contribution in [-0.2, 0) is 0 Å². The van der Waals surface area contributed by atoms with E-state index in [0.29, 0.717) is 6.04 Å². The lowest BCUT2D eigenvalue weighted by Gasteiger charge is -2.46. The van der Waals surface area contributed by atoms with Gasteiger partial charge in [-0.2, -0.15) is 0 Å². The van der Waals surface area contributed by atoms with E-state index in [0.717, 1.165) is 40.1 Å². The average Bonchev–Trinajstić information content (AvgIpc) is 2.31. The molecule has 1 aliphatic heterocycles. The monoisotopic (exact) mass is 391 g/mol. The molecule has 1 aromatic heterocycles. The third kappa shape index (κ3) is 2.85. The van der Waals surface area contributed by atoms with Crippen molar-refractivity contribution in [2.45, 2.75) is 38.3 Å². The van der Waals surface area contributed by atoms with Crippen molar-refractivity contribution in [1.82, 2.24) is 9.88 Å². The molecule has 0 amide bonds. The summed E-state index contributed by atoms with van der Waals surface area (Å²) in [6.07, 6.45) is 5.97. The second-order valence-corrected chi connectivity index (χ2v) is 7.15. The minimum absolute atomic E-state index is 0.527. The SMILES string of the molecule is C[C@H]1CN(C2CCC2)CCN1c1cc(I)c(Cl)cn1. The first kappa shape index (κ1) is 13.9. The van der Waals surface area contributed by atoms with Crippen molar-refractivity contribution in [3.63, 3.8) is 0 Å². The van der Waals surface area contributed by atoms with E-state index >= 15 is 0 Å². The third-order valence-corrected chi connectivity index (χ3v) is 5.85. The molecule has 1 atom stereocenters. The fraction of sp³-hybridized carbons (Fsp3) is 0.643. The average molecular weight is 392 g/mol. The first-order valence-corrected chi connectivity index (χ1v) is 8.42. The van der Waals surface area contributed by atoms with Gasteiger partial charge in [-0.05, 0) is 48.4 Å². The summed E-state index contributed by atoms with van der Waals surface area (Å²) in [7, 11) is 0. The first-order chi connectivity index (χ1) is 9.15. The van der Waals surface area contributed by atoms with E-state index in [-0.39, 0.29) is 0 Å². The minimum Gasteiger partial charge on any atom is -0.351 e. The Labute approximate surface area is 133 Å². The van der Waals surface area contributed by atoms with Crippen molar-refractivity contribution < 1.29 is 0 Å². The highest BCUT2D eigenvalue weighted by atomic mass is 127. The van der Waals surface area contributed by atoms with Crippen molar-refractivity contribution in [2.75, 3.05) is 24.5 Å². The maximum atomic E-state index is 6.05. The molecular formula is C14H19ClIN3. The smallest absolute Gasteiger partial charge is 0.129 e. The van der Waals surface area contributed by atoms with Gasteiger partial charge in [-0.15, -0.1) is 0 Å². The lowest BCUT2D eigenvalue weighted by atomic mass is 9.90. The summed E-state index contributed by atoms with van der Waals surface area (Å²) in [5.74, 6) is 1.06. The maximum absolute atomic E-state index is 6.05. The molecule has 1 aromatic rings. The third-order valence-electron chi connectivity index (χ3n) is 4.34. The molecule has 3 nitrogen and oxygen atoms in total. The molecule has 1 aliphatic carbocycles. The molecule has 3 rings (SSSR count). The minimum atomic E-state index is 0.527. The van der Waals surface area contributed by atoms with Gasteiger partial charge < -0.3 is 4.90 Å². The van der Waals surface area contributed by atoms with Crippen LogP contribution in [0.2, 0.25) is 5.02 Å². The molecule has 0 unspecified atom stereocenters. The first-order valence-electron chi connectivity index (χ1n) is 6.97. The second-order valence-electron chi connectivity index (χ2n) is 5.58. The molecule has 0 radical (unpaired) electrons. The van der Waals surface area contributed by atoms with Crippen LogP contribution in [0.15, 0.2) is 12.3 Å². The van der Waals surface area contributed by atoms with Crippen molar-refractivity contribution in [3.05, 3.63) is 20.9 Å². The summed E-state index contributed by atoms with van der Waals surface area (Å²) in [5, 5.41) is 0.741. The topological polar surface area (TPSA) is 19.4 Å². The quantitative estimate of drug-likeness (QED) is 0.720. The van der Waals surface area contributed by atoms with Gasteiger partial charge >= 0.3 is 0 Å². The number of hydrogen-bond acceptors (Lipinski definition) is 3. The van der Waals surface area contributed by atoms with Gasteiger partial charge in [0.2, 0.25) is 0 Å². The summed E-state index contributed by atoms with van der Waals surface area (Å²) in [6, 6.07) is 3.47. The fourth-order valence-corrected chi connectivity index (χ4v) is 3.49. The lowest BCUT2D eigenvalue weighted by molar-refractivity contribution is 0.106. The standard InChI is InChI=1S/C14H19ClIN3/c1-10-9-18(11-3-2-4-11)5-6-19(10)14-7-13(16)12(15)8-17-14/h7-8,10-11H,2-6,9H2,1H3/t10-/m0/s1. The van der Waals surface area contributed by atoms with Gasteiger partial charge in [-0.3, -0.25) is 4.90 Å². The Bertz CT molecular complexity index is 464. The van der Waals surface area contributed by atoms with Gasteiger partial charge in [0.15, 0.2) is 0 Å². The highest BCUT2D eigenvalue weighted by Gasteiger charge is 2.31. The summed E-state index contributed by atoms with van der Waals surface area (Å²) in [5.41, 5.74) is 0. The van der Waals surface area contributed by atoms with E-state index in [1.54, 1.807) is 6.20 Å². The molecule has 0 bridgehead atoms. The molecule has 1 saturated heterocycles. The molecule has 0 N–H and O–H groups in total. The van der Waals surface area contributed by atoms with Crippen LogP contribution < -0.4 is 4.90 Å². The number of rotatable bonds is 2. The van der Waals surface area contributed by atoms with Crippen LogP contribution in [0.4, 0.5) is 5.82 Å². The number of hydrogen-bond donors (Lipinski definition) is 0. The van der Waals surface area contributed by atoms with Crippen LogP contribution in [-0.4, -0.2) is 41.6 Å². The van der Waals surface area contributed by atoms with Crippen molar-refractivity contribution in [3.8, 4) is 0 Å². The van der Waals surface area contributed by atoms with Crippen LogP contribution in [0, 0.1) is 3.57 Å². The Morgan fingerprint density at radius 3 is 2.74 bits per heavy atom. The Morgan fingerprint density at radius 1 is 1.37 bits per heavy atom. The van der Waals surface area contributed by atoms with E-state index in [4.69, 9.17) is 11.6 Å². The predicted octanol–water partition coefficient (Wildman–Crippen LogP) is 3.40. The van der Waals surface area contributed by atoms with Gasteiger partial charge in [0.1, 0.15) is 5.82 Å². The molecule has 5 heteroatoms. The normalized spacial score (nSPS) is 25.4. The van der Waals surface area contributed by atoms with E-state index in [1.165, 1.54) is 19.3 Å². The van der Waals surface area contributed by atoms with E-state index < -0.39 is 0 Å². The lowest BCUT2D eigenvalue weighted by Crippen LogP contribution is -2.56. The Balaban J connectivity index is 1.70. The van der Waals surface area contributed by atoms with Crippen molar-refractivity contribution in [2.24, 2.45) is 0 Å². The zero-order chi connectivity index (χ0) is 13.4. The molecule has 2 heterocycles. The molecule has 104 valence electrons. The molecule has 2 fully saturated rings. The number of piperazine rings is 1. The number of halogens is 2. The highest BCUT2D eigenvalue weighted by Crippen LogP contribution is 2.29. The van der Waals surface area contributed by atoms with Gasteiger partial charge in [0.25, 0.3) is 0 Å². The molecule has 0 spiro atoms. The zero-order valence-corrected chi connectivity index (χ0v) is 14.1. The zero-order valence-electron chi connectivity index (χ0n) is 11.1. The molecule has 0 aromatic carbocycles. The van der Waals surface area contributed by atoms with E-state index in [9.17, 15) is 0 Å². The highest BCUT2D eigenvalue weighted by molar-refractivity contribution is 14.1. The summed E-state index contributed by atoms with van der Waals surface area (Å²) in [6.45, 7) is 5.69. The van der Waals surface area contributed by atoms with Gasteiger partial charge in [-0.25, -0.2) is 4.98 Å². The Morgan fingerprint density at radius 2 is 2.16 bits per heavy atom. The van der Waals surface area contributed by atoms with Crippen molar-refractivity contribution in [1.29, 1.82) is 0 Å². The van der Waals surface area contributed by atoms with Gasteiger partial charge in [0.05, 0.1) is 5.02 Å². The number of anilines is 1. The fourth-order valence-electron chi connectivity index (χ4n) is 2.97. The van der Waals surface area contributed by atoms with Gasteiger partial charge in [0, 0.05) is 41.5 Å². The number of pyridine rings is 1. The van der Waals surface area contributed by atoms with Crippen molar-refractivity contribution >= 4 is 40.0 Å². The van der Waals surface area contributed by atoms with Crippen LogP contribution in [0.3, 0.4) is 0 Å². The number of nitrogens with zero attached hydrogens (tertiary/aromatic N) is 3. The van der Waals surface area contributed by atoms with Gasteiger partial charge in [-0.1, -0.05) is 18.0 Å². The molecule has 2 aliphatic rings. The van der Waals surface area contributed by atoms with Crippen LogP contribution in [0.1, 0.15) is 26.2 Å². The summed E-state index contributed by atoms with van der Waals surface area (Å²) in [4.78, 5) is 9.56. The maximum Gasteiger partial charge on any atom is 0.129 e. The summed E-state index contributed by atoms with van der Waals surface area (Å²) < 4.78 is 1.08. The Kier molecular flexibility index (Phi) is 4.19. The van der Waals surface area contributed by atoms with Crippen LogP contribution in [0.5, 0.6) is 0 Å². The largest absolute Gasteiger partial charge is 0.351 e. The van der Waals surface area contributed by atoms with Crippen LogP contribution in [0.25, 0.3) is 0 Å². The molecule has 19 heavy (non-hydrogen) atoms. The molecular weight excluding hydrogens is 373 g/mol.